The zero-order valence-corrected chi connectivity index (χ0v) is 17.7. The fourth-order valence-electron chi connectivity index (χ4n) is 4.84. The van der Waals surface area contributed by atoms with Crippen LogP contribution in [0.15, 0.2) is 46.2 Å². The molecule has 10 nitrogen and oxygen atoms in total. The molecule has 1 aliphatic carbocycles. The largest absolute Gasteiger partial charge is 0.371 e. The summed E-state index contributed by atoms with van der Waals surface area (Å²) in [4.78, 5) is 39.6. The lowest BCUT2D eigenvalue weighted by atomic mass is 10.1. The molecule has 2 aliphatic rings. The minimum Gasteiger partial charge on any atom is -0.371 e. The maximum absolute atomic E-state index is 12.7. The number of aryl methyl sites for hydroxylation is 1. The van der Waals surface area contributed by atoms with Crippen molar-refractivity contribution in [1.29, 1.82) is 0 Å². The Labute approximate surface area is 182 Å². The molecule has 0 spiro atoms. The second-order valence-electron chi connectivity index (χ2n) is 8.62. The first-order valence-electron chi connectivity index (χ1n) is 10.5. The number of imidazole rings is 1. The number of aromatic nitrogens is 6. The van der Waals surface area contributed by atoms with E-state index in [9.17, 15) is 9.59 Å². The number of rotatable bonds is 5. The van der Waals surface area contributed by atoms with Crippen molar-refractivity contribution in [2.45, 2.75) is 19.4 Å². The highest BCUT2D eigenvalue weighted by Crippen LogP contribution is 2.57. The molecule has 0 bridgehead atoms. The van der Waals surface area contributed by atoms with E-state index in [0.29, 0.717) is 34.7 Å². The quantitative estimate of drug-likeness (QED) is 0.438. The molecule has 0 amide bonds. The molecule has 6 rings (SSSR count). The molecule has 1 aromatic carbocycles. The van der Waals surface area contributed by atoms with Crippen molar-refractivity contribution >= 4 is 22.6 Å². The maximum Gasteiger partial charge on any atom is 0.280 e. The molecule has 4 aromatic rings. The Bertz CT molecular complexity index is 1410. The Morgan fingerprint density at radius 2 is 1.97 bits per heavy atom. The predicted octanol–water partition coefficient (Wildman–Crippen LogP) is 1.61. The van der Waals surface area contributed by atoms with Crippen LogP contribution in [0.2, 0.25) is 0 Å². The Morgan fingerprint density at radius 3 is 2.75 bits per heavy atom. The van der Waals surface area contributed by atoms with Gasteiger partial charge in [-0.1, -0.05) is 17.3 Å². The summed E-state index contributed by atoms with van der Waals surface area (Å²) in [6.45, 7) is 3.57. The highest BCUT2D eigenvalue weighted by molar-refractivity contribution is 5.95. The number of carbonyl (C=O) groups is 1. The van der Waals surface area contributed by atoms with E-state index >= 15 is 0 Å². The first-order chi connectivity index (χ1) is 15.5. The molecular weight excluding hydrogens is 410 g/mol. The van der Waals surface area contributed by atoms with Gasteiger partial charge in [-0.2, -0.15) is 4.98 Å². The highest BCUT2D eigenvalue weighted by atomic mass is 16.5. The fourth-order valence-corrected chi connectivity index (χ4v) is 4.84. The second kappa shape index (κ2) is 6.84. The number of benzene rings is 1. The zero-order chi connectivity index (χ0) is 22.0. The van der Waals surface area contributed by atoms with Gasteiger partial charge in [-0.05, 0) is 30.9 Å². The second-order valence-corrected chi connectivity index (χ2v) is 8.62. The van der Waals surface area contributed by atoms with E-state index in [2.05, 4.69) is 25.0 Å². The van der Waals surface area contributed by atoms with Crippen LogP contribution in [0.5, 0.6) is 0 Å². The topological polar surface area (TPSA) is 112 Å². The summed E-state index contributed by atoms with van der Waals surface area (Å²) in [5, 5.41) is 4.19. The number of Topliss-reactive ketones (excluding diaryl/α,β-unsaturated/α-hetero) is 1. The number of anilines is 1. The van der Waals surface area contributed by atoms with Crippen molar-refractivity contribution in [1.82, 2.24) is 29.2 Å². The van der Waals surface area contributed by atoms with Gasteiger partial charge in [-0.3, -0.25) is 14.2 Å². The third-order valence-corrected chi connectivity index (χ3v) is 6.60. The van der Waals surface area contributed by atoms with E-state index in [1.54, 1.807) is 24.9 Å². The van der Waals surface area contributed by atoms with Gasteiger partial charge in [0.05, 0.1) is 6.33 Å². The van der Waals surface area contributed by atoms with Gasteiger partial charge in [-0.15, -0.1) is 0 Å². The lowest BCUT2D eigenvalue weighted by Gasteiger charge is -2.21. The van der Waals surface area contributed by atoms with Crippen molar-refractivity contribution in [2.75, 3.05) is 18.0 Å². The summed E-state index contributed by atoms with van der Waals surface area (Å²) in [5.74, 6) is 2.38. The van der Waals surface area contributed by atoms with Crippen LogP contribution in [0.25, 0.3) is 11.2 Å². The van der Waals surface area contributed by atoms with E-state index in [0.717, 1.165) is 24.3 Å². The summed E-state index contributed by atoms with van der Waals surface area (Å²) >= 11 is 0. The third-order valence-electron chi connectivity index (χ3n) is 6.60. The number of piperidine rings is 1. The zero-order valence-electron chi connectivity index (χ0n) is 17.7. The van der Waals surface area contributed by atoms with Crippen molar-refractivity contribution in [3.63, 3.8) is 0 Å². The molecule has 3 aromatic heterocycles. The van der Waals surface area contributed by atoms with Crippen LogP contribution in [0.1, 0.15) is 34.9 Å². The van der Waals surface area contributed by atoms with Crippen molar-refractivity contribution < 1.29 is 9.32 Å². The molecule has 2 fully saturated rings. The van der Waals surface area contributed by atoms with E-state index < -0.39 is 0 Å². The maximum atomic E-state index is 12.7. The van der Waals surface area contributed by atoms with E-state index in [1.165, 1.54) is 10.9 Å². The molecule has 0 N–H and O–H groups in total. The predicted molar refractivity (Wildman–Crippen MR) is 115 cm³/mol. The van der Waals surface area contributed by atoms with E-state index in [1.807, 2.05) is 24.3 Å². The molecule has 1 aliphatic heterocycles. The lowest BCUT2D eigenvalue weighted by molar-refractivity contribution is 0.101. The van der Waals surface area contributed by atoms with Crippen LogP contribution in [-0.4, -0.2) is 48.1 Å². The number of carbonyl (C=O) groups excluding carboxylic acids is 1. The smallest absolute Gasteiger partial charge is 0.280 e. The van der Waals surface area contributed by atoms with Gasteiger partial charge in [0.2, 0.25) is 5.89 Å². The Kier molecular flexibility index (Phi) is 4.04. The van der Waals surface area contributed by atoms with Gasteiger partial charge in [0.1, 0.15) is 12.9 Å². The molecule has 2 atom stereocenters. The highest BCUT2D eigenvalue weighted by Gasteiger charge is 2.58. The van der Waals surface area contributed by atoms with Crippen LogP contribution in [-0.2, 0) is 13.6 Å². The van der Waals surface area contributed by atoms with Crippen LogP contribution >= 0.6 is 0 Å². The molecule has 1 saturated heterocycles. The minimum absolute atomic E-state index is 0.0743. The molecule has 10 heteroatoms. The molecule has 32 heavy (non-hydrogen) atoms. The summed E-state index contributed by atoms with van der Waals surface area (Å²) in [6.07, 6.45) is 3.03. The standard InChI is InChI=1S/C22H21N7O3/c1-12(30)13-4-3-5-14(6-13)28-7-15-16(8-28)18(15)20-25-17(32-26-20)9-29-11-24-21-19(22(29)31)27(2)10-23-21/h3-6,10-11,15-16,18H,7-9H2,1-2H3. The molecule has 0 radical (unpaired) electrons. The van der Waals surface area contributed by atoms with Gasteiger partial charge in [0, 0.05) is 37.3 Å². The summed E-state index contributed by atoms with van der Waals surface area (Å²) in [7, 11) is 1.76. The third kappa shape index (κ3) is 2.94. The van der Waals surface area contributed by atoms with E-state index in [-0.39, 0.29) is 23.8 Å². The first kappa shape index (κ1) is 18.9. The average Bonchev–Trinajstić information content (AvgIpc) is 3.21. The average molecular weight is 431 g/mol. The molecule has 1 saturated carbocycles. The van der Waals surface area contributed by atoms with Gasteiger partial charge in [-0.25, -0.2) is 9.97 Å². The van der Waals surface area contributed by atoms with Gasteiger partial charge in [0.15, 0.2) is 22.8 Å². The van der Waals surface area contributed by atoms with Crippen LogP contribution in [0.4, 0.5) is 5.69 Å². The number of ketones is 1. The minimum atomic E-state index is -0.193. The number of hydrogen-bond acceptors (Lipinski definition) is 8. The van der Waals surface area contributed by atoms with Gasteiger partial charge < -0.3 is 14.0 Å². The number of fused-ring (bicyclic) bond motifs is 2. The van der Waals surface area contributed by atoms with Gasteiger partial charge >= 0.3 is 0 Å². The number of nitrogens with zero attached hydrogens (tertiary/aromatic N) is 7. The monoisotopic (exact) mass is 431 g/mol. The molecular formula is C22H21N7O3. The van der Waals surface area contributed by atoms with Crippen LogP contribution in [0, 0.1) is 11.8 Å². The molecule has 2 unspecified atom stereocenters. The van der Waals surface area contributed by atoms with E-state index in [4.69, 9.17) is 4.52 Å². The summed E-state index contributed by atoms with van der Waals surface area (Å²) in [5.41, 5.74) is 2.48. The van der Waals surface area contributed by atoms with Crippen molar-refractivity contribution in [3.05, 3.63) is 64.6 Å². The van der Waals surface area contributed by atoms with Crippen molar-refractivity contribution in [2.24, 2.45) is 18.9 Å². The molecule has 4 heterocycles. The Hall–Kier alpha value is -3.82. The fraction of sp³-hybridized carbons (Fsp3) is 0.364. The normalized spacial score (nSPS) is 21.8. The summed E-state index contributed by atoms with van der Waals surface area (Å²) in [6, 6.07) is 7.78. The Balaban J connectivity index is 1.15. The summed E-state index contributed by atoms with van der Waals surface area (Å²) < 4.78 is 8.56. The van der Waals surface area contributed by atoms with Crippen LogP contribution in [0.3, 0.4) is 0 Å². The Morgan fingerprint density at radius 1 is 1.19 bits per heavy atom. The van der Waals surface area contributed by atoms with Crippen LogP contribution < -0.4 is 10.5 Å². The van der Waals surface area contributed by atoms with Crippen molar-refractivity contribution in [3.8, 4) is 0 Å². The first-order valence-corrected chi connectivity index (χ1v) is 10.5. The molecule has 162 valence electrons. The van der Waals surface area contributed by atoms with Gasteiger partial charge in [0.25, 0.3) is 5.56 Å². The number of hydrogen-bond donors (Lipinski definition) is 0. The SMILES string of the molecule is CC(=O)c1cccc(N2CC3C(C2)C3c2noc(Cn3cnc4ncn(C)c4c3=O)n2)c1. The lowest BCUT2D eigenvalue weighted by Crippen LogP contribution is -2.24.